The molecule has 1 amide bonds. The first-order valence-corrected chi connectivity index (χ1v) is 8.31. The van der Waals surface area contributed by atoms with E-state index in [0.29, 0.717) is 11.6 Å². The molecule has 0 unspecified atom stereocenters. The number of halogens is 1. The molecule has 25 heavy (non-hydrogen) atoms. The van der Waals surface area contributed by atoms with Crippen LogP contribution in [0.25, 0.3) is 11.8 Å². The van der Waals surface area contributed by atoms with Crippen LogP contribution in [0.2, 0.25) is 5.02 Å². The van der Waals surface area contributed by atoms with Gasteiger partial charge in [0, 0.05) is 35.7 Å². The molecule has 1 aromatic heterocycles. The fourth-order valence-corrected chi connectivity index (χ4v) is 2.65. The zero-order chi connectivity index (χ0) is 17.6. The monoisotopic (exact) mass is 351 g/mol. The summed E-state index contributed by atoms with van der Waals surface area (Å²) in [6.07, 6.45) is 6.90. The van der Waals surface area contributed by atoms with Crippen LogP contribution in [0.4, 0.5) is 0 Å². The van der Waals surface area contributed by atoms with E-state index in [1.54, 1.807) is 18.3 Å². The molecule has 2 aromatic carbocycles. The molecule has 1 N–H and O–H groups in total. The Balaban J connectivity index is 1.57. The topological polar surface area (TPSA) is 46.9 Å². The van der Waals surface area contributed by atoms with Gasteiger partial charge in [-0.1, -0.05) is 41.9 Å². The summed E-state index contributed by atoms with van der Waals surface area (Å²) in [5.41, 5.74) is 2.89. The van der Waals surface area contributed by atoms with E-state index in [4.69, 9.17) is 11.6 Å². The highest BCUT2D eigenvalue weighted by atomic mass is 35.5. The van der Waals surface area contributed by atoms with Crippen molar-refractivity contribution in [2.24, 2.45) is 0 Å². The minimum atomic E-state index is -0.158. The zero-order valence-electron chi connectivity index (χ0n) is 13.8. The number of carbonyl (C=O) groups is 1. The lowest BCUT2D eigenvalue weighted by atomic mass is 10.2. The maximum atomic E-state index is 11.9. The number of imidazole rings is 1. The Kier molecular flexibility index (Phi) is 5.31. The van der Waals surface area contributed by atoms with Crippen LogP contribution in [-0.2, 0) is 11.3 Å². The van der Waals surface area contributed by atoms with Crippen molar-refractivity contribution in [2.45, 2.75) is 13.5 Å². The third kappa shape index (κ3) is 4.37. The van der Waals surface area contributed by atoms with Crippen LogP contribution < -0.4 is 5.32 Å². The Hall–Kier alpha value is -2.85. The quantitative estimate of drug-likeness (QED) is 0.701. The van der Waals surface area contributed by atoms with E-state index in [9.17, 15) is 4.79 Å². The fraction of sp³-hybridized carbons (Fsp3) is 0.100. The second-order valence-electron chi connectivity index (χ2n) is 5.58. The molecule has 4 nitrogen and oxygen atoms in total. The molecule has 0 bridgehead atoms. The smallest absolute Gasteiger partial charge is 0.244 e. The van der Waals surface area contributed by atoms with Gasteiger partial charge in [0.05, 0.1) is 0 Å². The number of hydrogen-bond donors (Lipinski definition) is 1. The minimum absolute atomic E-state index is 0.158. The van der Waals surface area contributed by atoms with Crippen molar-refractivity contribution >= 4 is 23.6 Å². The van der Waals surface area contributed by atoms with Gasteiger partial charge in [0.2, 0.25) is 5.91 Å². The van der Waals surface area contributed by atoms with Gasteiger partial charge in [-0.3, -0.25) is 4.79 Å². The van der Waals surface area contributed by atoms with E-state index in [1.165, 1.54) is 6.08 Å². The minimum Gasteiger partial charge on any atom is -0.348 e. The number of rotatable bonds is 5. The van der Waals surface area contributed by atoms with E-state index < -0.39 is 0 Å². The van der Waals surface area contributed by atoms with Crippen molar-refractivity contribution in [2.75, 3.05) is 0 Å². The Morgan fingerprint density at radius 2 is 1.96 bits per heavy atom. The van der Waals surface area contributed by atoms with Gasteiger partial charge in [0.1, 0.15) is 5.82 Å². The molecule has 0 radical (unpaired) electrons. The van der Waals surface area contributed by atoms with Crippen molar-refractivity contribution in [3.8, 4) is 5.69 Å². The third-order valence-corrected chi connectivity index (χ3v) is 4.17. The maximum absolute atomic E-state index is 11.9. The summed E-state index contributed by atoms with van der Waals surface area (Å²) in [4.78, 5) is 16.2. The second kappa shape index (κ2) is 7.81. The first-order chi connectivity index (χ1) is 12.1. The molecule has 0 aliphatic carbocycles. The molecule has 3 rings (SSSR count). The van der Waals surface area contributed by atoms with Crippen molar-refractivity contribution in [3.63, 3.8) is 0 Å². The molecular weight excluding hydrogens is 334 g/mol. The molecule has 0 saturated carbocycles. The first-order valence-electron chi connectivity index (χ1n) is 7.93. The number of nitrogens with one attached hydrogen (secondary N) is 1. The average Bonchev–Trinajstić information content (AvgIpc) is 3.06. The van der Waals surface area contributed by atoms with Crippen LogP contribution in [0, 0.1) is 6.92 Å². The van der Waals surface area contributed by atoms with E-state index in [2.05, 4.69) is 10.3 Å². The SMILES string of the molecule is Cc1nccn1-c1ccc(CNC(=O)/C=C/c2ccccc2Cl)cc1. The van der Waals surface area contributed by atoms with Crippen molar-refractivity contribution in [1.29, 1.82) is 0 Å². The molecule has 1 heterocycles. The molecule has 5 heteroatoms. The summed E-state index contributed by atoms with van der Waals surface area (Å²) < 4.78 is 2.01. The Bertz CT molecular complexity index is 897. The highest BCUT2D eigenvalue weighted by molar-refractivity contribution is 6.32. The van der Waals surface area contributed by atoms with Crippen LogP contribution in [0.15, 0.2) is 67.0 Å². The summed E-state index contributed by atoms with van der Waals surface area (Å²) in [6, 6.07) is 15.4. The summed E-state index contributed by atoms with van der Waals surface area (Å²) in [6.45, 7) is 2.42. The van der Waals surface area contributed by atoms with Crippen LogP contribution in [0.1, 0.15) is 17.0 Å². The third-order valence-electron chi connectivity index (χ3n) is 3.83. The number of aryl methyl sites for hydroxylation is 1. The molecule has 3 aromatic rings. The molecule has 0 aliphatic heterocycles. The van der Waals surface area contributed by atoms with Crippen molar-refractivity contribution in [1.82, 2.24) is 14.9 Å². The van der Waals surface area contributed by atoms with Gasteiger partial charge in [0.25, 0.3) is 0 Å². The van der Waals surface area contributed by atoms with Gasteiger partial charge >= 0.3 is 0 Å². The van der Waals surface area contributed by atoms with E-state index in [-0.39, 0.29) is 5.91 Å². The molecule has 0 spiro atoms. The number of carbonyl (C=O) groups excluding carboxylic acids is 1. The lowest BCUT2D eigenvalue weighted by Gasteiger charge is -2.07. The van der Waals surface area contributed by atoms with Crippen LogP contribution in [0.3, 0.4) is 0 Å². The lowest BCUT2D eigenvalue weighted by Crippen LogP contribution is -2.20. The Morgan fingerprint density at radius 3 is 2.64 bits per heavy atom. The van der Waals surface area contributed by atoms with Gasteiger partial charge in [-0.15, -0.1) is 0 Å². The largest absolute Gasteiger partial charge is 0.348 e. The maximum Gasteiger partial charge on any atom is 0.244 e. The Labute approximate surface area is 151 Å². The first kappa shape index (κ1) is 17.0. The molecule has 0 saturated heterocycles. The predicted molar refractivity (Wildman–Crippen MR) is 101 cm³/mol. The van der Waals surface area contributed by atoms with Crippen LogP contribution >= 0.6 is 11.6 Å². The number of benzene rings is 2. The van der Waals surface area contributed by atoms with Crippen LogP contribution in [-0.4, -0.2) is 15.5 Å². The predicted octanol–water partition coefficient (Wildman–Crippen LogP) is 4.16. The van der Waals surface area contributed by atoms with Crippen molar-refractivity contribution < 1.29 is 4.79 Å². The summed E-state index contributed by atoms with van der Waals surface area (Å²) in [5.74, 6) is 0.778. The van der Waals surface area contributed by atoms with Crippen molar-refractivity contribution in [3.05, 3.63) is 89.0 Å². The van der Waals surface area contributed by atoms with E-state index in [1.807, 2.05) is 60.2 Å². The number of hydrogen-bond acceptors (Lipinski definition) is 2. The zero-order valence-corrected chi connectivity index (χ0v) is 14.6. The molecule has 126 valence electrons. The van der Waals surface area contributed by atoms with Gasteiger partial charge in [-0.25, -0.2) is 4.98 Å². The highest BCUT2D eigenvalue weighted by Gasteiger charge is 2.02. The molecular formula is C20H18ClN3O. The molecule has 0 fully saturated rings. The summed E-state index contributed by atoms with van der Waals surface area (Å²) in [5, 5.41) is 3.49. The fourth-order valence-electron chi connectivity index (χ4n) is 2.45. The van der Waals surface area contributed by atoms with Gasteiger partial charge in [-0.2, -0.15) is 0 Å². The summed E-state index contributed by atoms with van der Waals surface area (Å²) in [7, 11) is 0. The summed E-state index contributed by atoms with van der Waals surface area (Å²) >= 11 is 6.06. The van der Waals surface area contributed by atoms with E-state index >= 15 is 0 Å². The van der Waals surface area contributed by atoms with Crippen LogP contribution in [0.5, 0.6) is 0 Å². The number of amides is 1. The Morgan fingerprint density at radius 1 is 1.20 bits per heavy atom. The van der Waals surface area contributed by atoms with Gasteiger partial charge in [-0.05, 0) is 42.3 Å². The highest BCUT2D eigenvalue weighted by Crippen LogP contribution is 2.16. The average molecular weight is 352 g/mol. The normalized spacial score (nSPS) is 11.0. The number of aromatic nitrogens is 2. The second-order valence-corrected chi connectivity index (χ2v) is 5.99. The lowest BCUT2D eigenvalue weighted by molar-refractivity contribution is -0.116. The standard InChI is InChI=1S/C20H18ClN3O/c1-15-22-12-13-24(15)18-9-6-16(7-10-18)14-23-20(25)11-8-17-4-2-3-5-19(17)21/h2-13H,14H2,1H3,(H,23,25)/b11-8+. The van der Waals surface area contributed by atoms with Gasteiger partial charge in [0.15, 0.2) is 0 Å². The number of nitrogens with zero attached hydrogens (tertiary/aromatic N) is 2. The van der Waals surface area contributed by atoms with E-state index in [0.717, 1.165) is 22.6 Å². The van der Waals surface area contributed by atoms with Gasteiger partial charge < -0.3 is 9.88 Å². The molecule has 0 aliphatic rings. The molecule has 0 atom stereocenters.